The van der Waals surface area contributed by atoms with Crippen molar-refractivity contribution in [3.05, 3.63) is 0 Å². The van der Waals surface area contributed by atoms with Crippen molar-refractivity contribution in [3.8, 4) is 12.3 Å². The van der Waals surface area contributed by atoms with Gasteiger partial charge in [-0.25, -0.2) is 4.79 Å². The van der Waals surface area contributed by atoms with Crippen molar-refractivity contribution < 1.29 is 14.6 Å². The number of rotatable bonds is 7. The molecule has 0 aliphatic carbocycles. The average molecular weight is 241 g/mol. The summed E-state index contributed by atoms with van der Waals surface area (Å²) in [6.45, 7) is 7.26. The van der Waals surface area contributed by atoms with E-state index < -0.39 is 6.09 Å². The lowest BCUT2D eigenvalue weighted by molar-refractivity contribution is 0.0979. The summed E-state index contributed by atoms with van der Waals surface area (Å²) < 4.78 is 5.14. The molecular formula is C13H23NO3. The second kappa shape index (κ2) is 7.97. The van der Waals surface area contributed by atoms with Crippen LogP contribution in [0.5, 0.6) is 0 Å². The normalized spacial score (nSPS) is 10.9. The van der Waals surface area contributed by atoms with Crippen molar-refractivity contribution in [1.82, 2.24) is 4.90 Å². The molecule has 1 N–H and O–H groups in total. The molecule has 17 heavy (non-hydrogen) atoms. The zero-order chi connectivity index (χ0) is 13.3. The summed E-state index contributed by atoms with van der Waals surface area (Å²) in [4.78, 5) is 12.5. The minimum absolute atomic E-state index is 0.341. The number of hydrogen-bond acceptors (Lipinski definition) is 2. The molecule has 4 nitrogen and oxygen atoms in total. The Labute approximate surface area is 104 Å². The van der Waals surface area contributed by atoms with Crippen molar-refractivity contribution in [2.75, 3.05) is 19.8 Å². The van der Waals surface area contributed by atoms with Crippen molar-refractivity contribution in [3.63, 3.8) is 0 Å². The van der Waals surface area contributed by atoms with E-state index in [0.717, 1.165) is 19.3 Å². The molecule has 0 aliphatic heterocycles. The SMILES string of the molecule is C#CCOCCCCCN(C(=O)O)C(C)(C)C. The lowest BCUT2D eigenvalue weighted by Gasteiger charge is -2.33. The van der Waals surface area contributed by atoms with E-state index in [4.69, 9.17) is 16.3 Å². The molecule has 0 bridgehead atoms. The smallest absolute Gasteiger partial charge is 0.407 e. The van der Waals surface area contributed by atoms with Crippen molar-refractivity contribution in [2.45, 2.75) is 45.6 Å². The zero-order valence-electron chi connectivity index (χ0n) is 11.0. The maximum atomic E-state index is 11.0. The Morgan fingerprint density at radius 3 is 2.47 bits per heavy atom. The third-order valence-electron chi connectivity index (χ3n) is 2.40. The molecule has 0 aromatic rings. The highest BCUT2D eigenvalue weighted by Crippen LogP contribution is 2.14. The summed E-state index contributed by atoms with van der Waals surface area (Å²) in [6, 6.07) is 0. The molecule has 0 saturated carbocycles. The van der Waals surface area contributed by atoms with Gasteiger partial charge in [-0.3, -0.25) is 0 Å². The maximum Gasteiger partial charge on any atom is 0.407 e. The monoisotopic (exact) mass is 241 g/mol. The third kappa shape index (κ3) is 7.64. The Morgan fingerprint density at radius 1 is 1.35 bits per heavy atom. The molecule has 0 atom stereocenters. The summed E-state index contributed by atoms with van der Waals surface area (Å²) in [5.74, 6) is 2.40. The summed E-state index contributed by atoms with van der Waals surface area (Å²) in [7, 11) is 0. The molecule has 0 aromatic carbocycles. The van der Waals surface area contributed by atoms with Gasteiger partial charge < -0.3 is 14.7 Å². The van der Waals surface area contributed by atoms with Gasteiger partial charge in [0.1, 0.15) is 6.61 Å². The number of ether oxygens (including phenoxy) is 1. The Hall–Kier alpha value is -1.21. The van der Waals surface area contributed by atoms with Crippen LogP contribution in [0.3, 0.4) is 0 Å². The van der Waals surface area contributed by atoms with Crippen LogP contribution in [0, 0.1) is 12.3 Å². The van der Waals surface area contributed by atoms with Crippen molar-refractivity contribution in [1.29, 1.82) is 0 Å². The largest absolute Gasteiger partial charge is 0.465 e. The molecule has 0 rings (SSSR count). The van der Waals surface area contributed by atoms with E-state index in [1.165, 1.54) is 4.90 Å². The van der Waals surface area contributed by atoms with Crippen LogP contribution in [0.15, 0.2) is 0 Å². The minimum atomic E-state index is -0.860. The van der Waals surface area contributed by atoms with Crippen LogP contribution < -0.4 is 0 Å². The topological polar surface area (TPSA) is 49.8 Å². The van der Waals surface area contributed by atoms with Crippen LogP contribution in [-0.2, 0) is 4.74 Å². The molecule has 4 heteroatoms. The zero-order valence-corrected chi connectivity index (χ0v) is 11.0. The fraction of sp³-hybridized carbons (Fsp3) is 0.769. The van der Waals surface area contributed by atoms with Crippen LogP contribution in [0.1, 0.15) is 40.0 Å². The molecule has 0 fully saturated rings. The van der Waals surface area contributed by atoms with E-state index in [1.807, 2.05) is 20.8 Å². The number of terminal acetylenes is 1. The highest BCUT2D eigenvalue weighted by Gasteiger charge is 2.24. The number of unbranched alkanes of at least 4 members (excludes halogenated alkanes) is 2. The number of hydrogen-bond donors (Lipinski definition) is 1. The molecule has 1 amide bonds. The molecule has 0 aromatic heterocycles. The van der Waals surface area contributed by atoms with E-state index in [9.17, 15) is 4.79 Å². The first-order chi connectivity index (χ1) is 7.89. The lowest BCUT2D eigenvalue weighted by Crippen LogP contribution is -2.45. The third-order valence-corrected chi connectivity index (χ3v) is 2.40. The fourth-order valence-corrected chi connectivity index (χ4v) is 1.50. The molecule has 0 spiro atoms. The second-order valence-corrected chi connectivity index (χ2v) is 4.92. The van der Waals surface area contributed by atoms with E-state index in [2.05, 4.69) is 5.92 Å². The first-order valence-corrected chi connectivity index (χ1v) is 5.91. The van der Waals surface area contributed by atoms with Gasteiger partial charge in [-0.1, -0.05) is 5.92 Å². The molecule has 98 valence electrons. The number of carbonyl (C=O) groups is 1. The number of carboxylic acid groups (broad SMARTS) is 1. The number of nitrogens with zero attached hydrogens (tertiary/aromatic N) is 1. The van der Waals surface area contributed by atoms with E-state index in [1.54, 1.807) is 0 Å². The lowest BCUT2D eigenvalue weighted by atomic mass is 10.1. The molecule has 0 radical (unpaired) electrons. The molecule has 0 aliphatic rings. The van der Waals surface area contributed by atoms with Gasteiger partial charge >= 0.3 is 6.09 Å². The second-order valence-electron chi connectivity index (χ2n) is 4.92. The first kappa shape index (κ1) is 15.8. The van der Waals surface area contributed by atoms with E-state index in [-0.39, 0.29) is 5.54 Å². The number of amides is 1. The molecular weight excluding hydrogens is 218 g/mol. The standard InChI is InChI=1S/C13H23NO3/c1-5-10-17-11-8-6-7-9-14(12(15)16)13(2,3)4/h1H,6-11H2,2-4H3,(H,15,16). The van der Waals surface area contributed by atoms with Crippen LogP contribution in [0.4, 0.5) is 4.79 Å². The summed E-state index contributed by atoms with van der Waals surface area (Å²) in [6.07, 6.45) is 6.90. The Morgan fingerprint density at radius 2 is 2.00 bits per heavy atom. The van der Waals surface area contributed by atoms with Crippen molar-refractivity contribution >= 4 is 6.09 Å². The molecule has 0 heterocycles. The highest BCUT2D eigenvalue weighted by molar-refractivity contribution is 5.65. The maximum absolute atomic E-state index is 11.0. The van der Waals surface area contributed by atoms with Crippen LogP contribution in [-0.4, -0.2) is 41.4 Å². The Balaban J connectivity index is 3.71. The Kier molecular flexibility index (Phi) is 7.40. The highest BCUT2D eigenvalue weighted by atomic mass is 16.5. The van der Waals surface area contributed by atoms with Crippen LogP contribution >= 0.6 is 0 Å². The predicted octanol–water partition coefficient (Wildman–Crippen LogP) is 2.59. The van der Waals surface area contributed by atoms with Gasteiger partial charge in [0, 0.05) is 18.7 Å². The molecule has 0 unspecified atom stereocenters. The van der Waals surface area contributed by atoms with Crippen LogP contribution in [0.2, 0.25) is 0 Å². The summed E-state index contributed by atoms with van der Waals surface area (Å²) >= 11 is 0. The van der Waals surface area contributed by atoms with Gasteiger partial charge in [-0.05, 0) is 40.0 Å². The quantitative estimate of drug-likeness (QED) is 0.550. The van der Waals surface area contributed by atoms with E-state index >= 15 is 0 Å². The van der Waals surface area contributed by atoms with Gasteiger partial charge in [-0.15, -0.1) is 6.42 Å². The van der Waals surface area contributed by atoms with Gasteiger partial charge in [0.15, 0.2) is 0 Å². The van der Waals surface area contributed by atoms with Gasteiger partial charge in [0.25, 0.3) is 0 Å². The van der Waals surface area contributed by atoms with Gasteiger partial charge in [0.05, 0.1) is 0 Å². The first-order valence-electron chi connectivity index (χ1n) is 5.91. The minimum Gasteiger partial charge on any atom is -0.465 e. The van der Waals surface area contributed by atoms with Gasteiger partial charge in [-0.2, -0.15) is 0 Å². The molecule has 0 saturated heterocycles. The predicted molar refractivity (Wildman–Crippen MR) is 68.0 cm³/mol. The Bertz CT molecular complexity index is 263. The van der Waals surface area contributed by atoms with Crippen LogP contribution in [0.25, 0.3) is 0 Å². The fourth-order valence-electron chi connectivity index (χ4n) is 1.50. The van der Waals surface area contributed by atoms with Crippen molar-refractivity contribution in [2.24, 2.45) is 0 Å². The van der Waals surface area contributed by atoms with Gasteiger partial charge in [0.2, 0.25) is 0 Å². The summed E-state index contributed by atoms with van der Waals surface area (Å²) in [5.41, 5.74) is -0.341. The summed E-state index contributed by atoms with van der Waals surface area (Å²) in [5, 5.41) is 9.06. The average Bonchev–Trinajstić information content (AvgIpc) is 2.19. The van der Waals surface area contributed by atoms with E-state index in [0.29, 0.717) is 19.8 Å².